The van der Waals surface area contributed by atoms with Crippen molar-refractivity contribution in [3.63, 3.8) is 0 Å². The number of carbonyl (C=O) groups excluding carboxylic acids is 3. The van der Waals surface area contributed by atoms with Crippen LogP contribution in [0.4, 0.5) is 10.9 Å². The molecule has 370 valence electrons. The molecular weight excluding hydrogens is 925 g/mol. The van der Waals surface area contributed by atoms with Gasteiger partial charge in [-0.25, -0.2) is 14.8 Å². The van der Waals surface area contributed by atoms with E-state index < -0.39 is 11.9 Å². The molecule has 0 spiro atoms. The molecule has 3 N–H and O–H groups in total. The molecule has 14 nitrogen and oxygen atoms in total. The van der Waals surface area contributed by atoms with Crippen LogP contribution in [0.5, 0.6) is 5.75 Å². The number of likely N-dealkylation sites (tertiary alicyclic amines) is 1. The molecule has 0 unspecified atom stereocenters. The number of rotatable bonds is 14. The monoisotopic (exact) mass is 984 g/mol. The summed E-state index contributed by atoms with van der Waals surface area (Å²) < 4.78 is 9.57. The van der Waals surface area contributed by atoms with Crippen LogP contribution in [0.2, 0.25) is 0 Å². The minimum Gasteiger partial charge on any atom is -0.490 e. The number of carboxylic acids is 1. The number of ether oxygens (including phenoxy) is 1. The number of aromatic carboxylic acids is 1. The number of anilines is 2. The maximum atomic E-state index is 13.7. The van der Waals surface area contributed by atoms with Gasteiger partial charge in [0.1, 0.15) is 11.6 Å². The van der Waals surface area contributed by atoms with Gasteiger partial charge in [0.2, 0.25) is 11.8 Å². The number of nitrogens with one attached hydrogen (secondary N) is 2. The summed E-state index contributed by atoms with van der Waals surface area (Å²) in [6, 6.07) is 29.8. The van der Waals surface area contributed by atoms with Gasteiger partial charge in [-0.05, 0) is 153 Å². The van der Waals surface area contributed by atoms with Crippen LogP contribution in [0.15, 0.2) is 91.0 Å². The molecule has 0 bridgehead atoms. The van der Waals surface area contributed by atoms with Crippen LogP contribution in [-0.4, -0.2) is 85.7 Å². The number of aromatic nitrogens is 4. The molecule has 3 aliphatic heterocycles. The highest BCUT2D eigenvalue weighted by molar-refractivity contribution is 7.22. The molecule has 15 heteroatoms. The van der Waals surface area contributed by atoms with Crippen LogP contribution >= 0.6 is 11.3 Å². The van der Waals surface area contributed by atoms with E-state index in [2.05, 4.69) is 49.7 Å². The Labute approximate surface area is 422 Å². The summed E-state index contributed by atoms with van der Waals surface area (Å²) in [7, 11) is 1.93. The predicted molar refractivity (Wildman–Crippen MR) is 280 cm³/mol. The number of aryl methyl sites for hydroxylation is 1. The van der Waals surface area contributed by atoms with E-state index in [1.165, 1.54) is 36.2 Å². The van der Waals surface area contributed by atoms with Gasteiger partial charge in [0, 0.05) is 49.6 Å². The van der Waals surface area contributed by atoms with Crippen molar-refractivity contribution in [2.45, 2.75) is 102 Å². The van der Waals surface area contributed by atoms with Gasteiger partial charge < -0.3 is 19.6 Å². The first-order valence-corrected chi connectivity index (χ1v) is 26.4. The van der Waals surface area contributed by atoms with Crippen LogP contribution in [0.25, 0.3) is 32.2 Å². The second-order valence-corrected chi connectivity index (χ2v) is 21.2. The zero-order chi connectivity index (χ0) is 49.5. The largest absolute Gasteiger partial charge is 0.490 e. The number of imide groups is 1. The smallest absolute Gasteiger partial charge is 0.355 e. The fourth-order valence-corrected chi connectivity index (χ4v) is 12.5. The van der Waals surface area contributed by atoms with E-state index >= 15 is 0 Å². The first-order valence-electron chi connectivity index (χ1n) is 25.6. The van der Waals surface area contributed by atoms with E-state index in [1.54, 1.807) is 0 Å². The number of pyridine rings is 1. The van der Waals surface area contributed by atoms with E-state index in [0.29, 0.717) is 66.3 Å². The van der Waals surface area contributed by atoms with Gasteiger partial charge in [0.25, 0.3) is 5.91 Å². The van der Waals surface area contributed by atoms with Crippen LogP contribution < -0.4 is 20.3 Å². The third-order valence-corrected chi connectivity index (χ3v) is 16.6. The highest BCUT2D eigenvalue weighted by Crippen LogP contribution is 2.39. The van der Waals surface area contributed by atoms with Crippen molar-refractivity contribution >= 4 is 67.1 Å². The number of carbonyl (C=O) groups is 4. The summed E-state index contributed by atoms with van der Waals surface area (Å²) in [6.07, 6.45) is 10.7. The Morgan fingerprint density at radius 1 is 0.875 bits per heavy atom. The highest BCUT2D eigenvalue weighted by Gasteiger charge is 2.33. The summed E-state index contributed by atoms with van der Waals surface area (Å²) >= 11 is 1.44. The van der Waals surface area contributed by atoms with Gasteiger partial charge >= 0.3 is 5.97 Å². The number of nitrogens with zero attached hydrogens (tertiary/aromatic N) is 6. The molecule has 2 saturated heterocycles. The lowest BCUT2D eigenvalue weighted by Gasteiger charge is -2.31. The minimum absolute atomic E-state index is 0.0171. The molecule has 1 saturated carbocycles. The summed E-state index contributed by atoms with van der Waals surface area (Å²) in [4.78, 5) is 64.9. The van der Waals surface area contributed by atoms with Crippen molar-refractivity contribution in [1.82, 2.24) is 30.0 Å². The van der Waals surface area contributed by atoms with Crippen molar-refractivity contribution in [3.8, 4) is 16.9 Å². The number of piperidine rings is 1. The summed E-state index contributed by atoms with van der Waals surface area (Å²) in [5.74, 6) is 0.315. The average Bonchev–Trinajstić information content (AvgIpc) is 4.12. The fraction of sp³-hybridized carbons (Fsp3) is 0.386. The lowest BCUT2D eigenvalue weighted by atomic mass is 9.84. The molecule has 3 fully saturated rings. The Balaban J connectivity index is 0.662. The first-order chi connectivity index (χ1) is 35.0. The van der Waals surface area contributed by atoms with Crippen molar-refractivity contribution in [2.75, 3.05) is 36.4 Å². The quantitative estimate of drug-likeness (QED) is 0.0700. The highest BCUT2D eigenvalue weighted by atomic mass is 32.1. The van der Waals surface area contributed by atoms with Crippen molar-refractivity contribution in [3.05, 3.63) is 130 Å². The van der Waals surface area contributed by atoms with E-state index in [4.69, 9.17) is 14.8 Å². The van der Waals surface area contributed by atoms with Crippen LogP contribution in [0.1, 0.15) is 125 Å². The van der Waals surface area contributed by atoms with E-state index in [0.717, 1.165) is 107 Å². The molecule has 7 aromatic rings. The van der Waals surface area contributed by atoms with Crippen LogP contribution in [0.3, 0.4) is 0 Å². The Morgan fingerprint density at radius 2 is 1.72 bits per heavy atom. The normalized spacial score (nSPS) is 20.4. The topological polar surface area (TPSA) is 172 Å². The van der Waals surface area contributed by atoms with Gasteiger partial charge in [0.15, 0.2) is 10.8 Å². The third kappa shape index (κ3) is 9.71. The maximum Gasteiger partial charge on any atom is 0.355 e. The van der Waals surface area contributed by atoms with Gasteiger partial charge in [-0.3, -0.25) is 29.7 Å². The van der Waals surface area contributed by atoms with Crippen molar-refractivity contribution in [1.29, 1.82) is 0 Å². The molecule has 0 radical (unpaired) electrons. The Hall–Kier alpha value is -6.97. The van der Waals surface area contributed by atoms with Gasteiger partial charge in [0.05, 0.1) is 33.4 Å². The molecule has 6 heterocycles. The molecule has 11 rings (SSSR count). The summed E-state index contributed by atoms with van der Waals surface area (Å²) in [5, 5.41) is 22.3. The van der Waals surface area contributed by atoms with E-state index in [1.807, 2.05) is 85.4 Å². The molecule has 3 aromatic heterocycles. The number of hydrogen-bond acceptors (Lipinski definition) is 11. The predicted octanol–water partition coefficient (Wildman–Crippen LogP) is 10.2. The lowest BCUT2D eigenvalue weighted by Crippen LogP contribution is -2.39. The van der Waals surface area contributed by atoms with Crippen LogP contribution in [-0.2, 0) is 29.6 Å². The number of thiazole rings is 1. The molecule has 3 amide bonds. The molecule has 4 aromatic carbocycles. The summed E-state index contributed by atoms with van der Waals surface area (Å²) in [5.41, 5.74) is 8.72. The van der Waals surface area contributed by atoms with Crippen molar-refractivity contribution in [2.24, 2.45) is 13.0 Å². The van der Waals surface area contributed by atoms with E-state index in [9.17, 15) is 24.3 Å². The number of unbranched alkanes of at least 4 members (excludes halogenated alkanes) is 1. The van der Waals surface area contributed by atoms with Gasteiger partial charge in [-0.15, -0.1) is 0 Å². The number of fused-ring (bicyclic) bond motifs is 3. The molecule has 2 atom stereocenters. The van der Waals surface area contributed by atoms with Gasteiger partial charge in [-0.1, -0.05) is 72.7 Å². The zero-order valence-corrected chi connectivity index (χ0v) is 41.7. The fourth-order valence-electron chi connectivity index (χ4n) is 11.7. The Morgan fingerprint density at radius 3 is 2.56 bits per heavy atom. The van der Waals surface area contributed by atoms with E-state index in [-0.39, 0.29) is 29.5 Å². The SMILES string of the molecule is Cc1c(OC2CCC(CCCCN3CC[C@H](c4ccc5c([C@H]6CCC(=O)NC6=O)nn(C)c5c4)C3)CC2)cccc1-c1ccc(N2CCc3cccc(C(=O)Nc4nc5ccccc5s4)c3C2)nc1C(=O)O. The molecule has 1 aliphatic carbocycles. The molecule has 4 aliphatic rings. The number of hydrogen-bond donors (Lipinski definition) is 3. The van der Waals surface area contributed by atoms with Crippen molar-refractivity contribution < 1.29 is 29.0 Å². The second kappa shape index (κ2) is 20.3. The lowest BCUT2D eigenvalue weighted by molar-refractivity contribution is -0.134. The minimum atomic E-state index is -1.10. The number of carboxylic acid groups (broad SMARTS) is 1. The third-order valence-electron chi connectivity index (χ3n) is 15.7. The number of para-hydroxylation sites is 1. The first kappa shape index (κ1) is 47.4. The average molecular weight is 985 g/mol. The number of amides is 3. The molecule has 72 heavy (non-hydrogen) atoms. The van der Waals surface area contributed by atoms with Gasteiger partial charge in [-0.2, -0.15) is 5.10 Å². The standard InChI is InChI=1S/C57H60N8O6S/c1-34-40(41-22-24-50(59-53(41)56(69)70)65-30-27-36-10-7-12-42(45(36)33-65)54(67)61-57-58-46-13-3-4-15-49(46)72-57)11-8-14-48(34)71-39-19-16-35(17-20-39)9-5-6-28-64-29-26-38(32-64)37-18-21-43-47(31-37)63(2)62-52(43)44-23-25-51(66)60-55(44)68/h3-4,7-8,10-15,18,21-22,24,31,35,38-39,44H,5-6,9,16-17,19-20,23,25-30,32-33H2,1-2H3,(H,69,70)(H,58,61,67)(H,60,66,68)/t35?,38-,39?,44+/m0/s1. The summed E-state index contributed by atoms with van der Waals surface area (Å²) in [6.45, 7) is 6.32. The van der Waals surface area contributed by atoms with Crippen LogP contribution in [0, 0.1) is 12.8 Å². The molecular formula is C57H60N8O6S. The Kier molecular flexibility index (Phi) is 13.3. The maximum absolute atomic E-state index is 13.7. The number of benzene rings is 4. The zero-order valence-electron chi connectivity index (χ0n) is 40.9. The Bertz CT molecular complexity index is 3200. The second-order valence-electron chi connectivity index (χ2n) is 20.2.